The summed E-state index contributed by atoms with van der Waals surface area (Å²) in [6.07, 6.45) is 6.53. The Labute approximate surface area is 153 Å². The van der Waals surface area contributed by atoms with E-state index in [0.717, 1.165) is 18.5 Å². The molecule has 9 heteroatoms. The predicted molar refractivity (Wildman–Crippen MR) is 97.6 cm³/mol. The molecule has 1 atom stereocenters. The number of piperidine rings is 1. The van der Waals surface area contributed by atoms with Crippen molar-refractivity contribution >= 4 is 15.9 Å². The van der Waals surface area contributed by atoms with Crippen LogP contribution in [0.3, 0.4) is 0 Å². The summed E-state index contributed by atoms with van der Waals surface area (Å²) < 4.78 is 26.6. The van der Waals surface area contributed by atoms with Gasteiger partial charge in [0.05, 0.1) is 23.7 Å². The second kappa shape index (κ2) is 7.55. The highest BCUT2D eigenvalue weighted by molar-refractivity contribution is 7.88. The number of hydrogen-bond acceptors (Lipinski definition) is 5. The lowest BCUT2D eigenvalue weighted by atomic mass is 10.1. The highest BCUT2D eigenvalue weighted by Gasteiger charge is 2.28. The smallest absolute Gasteiger partial charge is 0.255 e. The number of aromatic nitrogens is 3. The maximum absolute atomic E-state index is 12.7. The molecular weight excluding hydrogens is 354 g/mol. The molecular formula is C17H23N5O3S. The quantitative estimate of drug-likeness (QED) is 0.838. The van der Waals surface area contributed by atoms with Crippen LogP contribution in [0, 0.1) is 0 Å². The zero-order valence-electron chi connectivity index (χ0n) is 14.9. The summed E-state index contributed by atoms with van der Waals surface area (Å²) in [5.74, 6) is 0.425. The van der Waals surface area contributed by atoms with Gasteiger partial charge < -0.3 is 5.32 Å². The molecule has 0 radical (unpaired) electrons. The van der Waals surface area contributed by atoms with Crippen molar-refractivity contribution in [2.75, 3.05) is 19.3 Å². The molecule has 140 valence electrons. The van der Waals surface area contributed by atoms with Gasteiger partial charge in [-0.15, -0.1) is 0 Å². The van der Waals surface area contributed by atoms with E-state index in [1.165, 1.54) is 10.6 Å². The third-order valence-electron chi connectivity index (χ3n) is 4.50. The van der Waals surface area contributed by atoms with Crippen LogP contribution < -0.4 is 5.32 Å². The number of sulfonamides is 1. The lowest BCUT2D eigenvalue weighted by Crippen LogP contribution is -2.49. The average Bonchev–Trinajstić information content (AvgIpc) is 3.06. The molecule has 2 aromatic heterocycles. The van der Waals surface area contributed by atoms with Crippen molar-refractivity contribution in [2.45, 2.75) is 32.2 Å². The van der Waals surface area contributed by atoms with Crippen molar-refractivity contribution in [3.63, 3.8) is 0 Å². The molecule has 3 heterocycles. The number of pyridine rings is 1. The van der Waals surface area contributed by atoms with Gasteiger partial charge in [-0.05, 0) is 31.4 Å². The number of carbonyl (C=O) groups excluding carboxylic acids is 1. The highest BCUT2D eigenvalue weighted by Crippen LogP contribution is 2.17. The minimum atomic E-state index is -3.25. The fourth-order valence-electron chi connectivity index (χ4n) is 3.20. The summed E-state index contributed by atoms with van der Waals surface area (Å²) in [6.45, 7) is 2.77. The molecule has 1 amide bonds. The van der Waals surface area contributed by atoms with Gasteiger partial charge in [-0.3, -0.25) is 4.79 Å². The van der Waals surface area contributed by atoms with E-state index in [1.54, 1.807) is 17.1 Å². The summed E-state index contributed by atoms with van der Waals surface area (Å²) in [5.41, 5.74) is 1.27. The molecule has 1 unspecified atom stereocenters. The van der Waals surface area contributed by atoms with E-state index in [9.17, 15) is 13.2 Å². The van der Waals surface area contributed by atoms with Crippen LogP contribution >= 0.6 is 0 Å². The van der Waals surface area contributed by atoms with Gasteiger partial charge in [0.15, 0.2) is 5.82 Å². The highest BCUT2D eigenvalue weighted by atomic mass is 32.2. The van der Waals surface area contributed by atoms with Gasteiger partial charge in [-0.1, -0.05) is 13.0 Å². The molecule has 1 fully saturated rings. The topological polar surface area (TPSA) is 97.2 Å². The lowest BCUT2D eigenvalue weighted by molar-refractivity contribution is 0.0920. The van der Waals surface area contributed by atoms with Crippen LogP contribution in [-0.2, 0) is 16.4 Å². The number of carbonyl (C=O) groups is 1. The van der Waals surface area contributed by atoms with Gasteiger partial charge >= 0.3 is 0 Å². The van der Waals surface area contributed by atoms with Crippen LogP contribution in [-0.4, -0.2) is 58.8 Å². The minimum Gasteiger partial charge on any atom is -0.348 e. The second-order valence-corrected chi connectivity index (χ2v) is 8.37. The zero-order chi connectivity index (χ0) is 18.7. The minimum absolute atomic E-state index is 0.200. The normalized spacial score (nSPS) is 18.6. The van der Waals surface area contributed by atoms with Crippen molar-refractivity contribution in [2.24, 2.45) is 0 Å². The summed E-state index contributed by atoms with van der Waals surface area (Å²) >= 11 is 0. The summed E-state index contributed by atoms with van der Waals surface area (Å²) in [7, 11) is -3.25. The fraction of sp³-hybridized carbons (Fsp3) is 0.471. The second-order valence-electron chi connectivity index (χ2n) is 6.39. The molecule has 0 aromatic carbocycles. The molecule has 0 spiro atoms. The Morgan fingerprint density at radius 1 is 1.38 bits per heavy atom. The van der Waals surface area contributed by atoms with Gasteiger partial charge in [-0.2, -0.15) is 5.10 Å². The molecule has 2 aromatic rings. The molecule has 8 nitrogen and oxygen atoms in total. The SMILES string of the molecule is CCc1c(C(=O)NC2CCCN(S(C)(=O)=O)C2)cnn1-c1ccccn1. The Morgan fingerprint density at radius 3 is 2.85 bits per heavy atom. The largest absolute Gasteiger partial charge is 0.348 e. The lowest BCUT2D eigenvalue weighted by Gasteiger charge is -2.31. The molecule has 3 rings (SSSR count). The van der Waals surface area contributed by atoms with Crippen molar-refractivity contribution in [1.29, 1.82) is 0 Å². The summed E-state index contributed by atoms with van der Waals surface area (Å²) in [6, 6.07) is 5.32. The van der Waals surface area contributed by atoms with Crippen LogP contribution in [0.5, 0.6) is 0 Å². The molecule has 1 aliphatic rings. The number of nitrogens with one attached hydrogen (secondary N) is 1. The van der Waals surface area contributed by atoms with E-state index >= 15 is 0 Å². The maximum atomic E-state index is 12.7. The van der Waals surface area contributed by atoms with Crippen molar-refractivity contribution < 1.29 is 13.2 Å². The monoisotopic (exact) mass is 377 g/mol. The molecule has 0 saturated carbocycles. The Kier molecular flexibility index (Phi) is 5.38. The van der Waals surface area contributed by atoms with Crippen LogP contribution in [0.15, 0.2) is 30.6 Å². The third kappa shape index (κ3) is 3.94. The van der Waals surface area contributed by atoms with E-state index in [2.05, 4.69) is 15.4 Å². The average molecular weight is 377 g/mol. The first-order valence-corrected chi connectivity index (χ1v) is 10.5. The Morgan fingerprint density at radius 2 is 2.19 bits per heavy atom. The van der Waals surface area contributed by atoms with Crippen LogP contribution in [0.25, 0.3) is 5.82 Å². The van der Waals surface area contributed by atoms with E-state index in [-0.39, 0.29) is 11.9 Å². The van der Waals surface area contributed by atoms with Gasteiger partial charge in [0.2, 0.25) is 10.0 Å². The zero-order valence-corrected chi connectivity index (χ0v) is 15.7. The van der Waals surface area contributed by atoms with Crippen LogP contribution in [0.4, 0.5) is 0 Å². The third-order valence-corrected chi connectivity index (χ3v) is 5.77. The summed E-state index contributed by atoms with van der Waals surface area (Å²) in [5, 5.41) is 7.27. The van der Waals surface area contributed by atoms with E-state index in [1.807, 2.05) is 25.1 Å². The molecule has 26 heavy (non-hydrogen) atoms. The Hall–Kier alpha value is -2.26. The van der Waals surface area contributed by atoms with Crippen molar-refractivity contribution in [1.82, 2.24) is 24.4 Å². The van der Waals surface area contributed by atoms with Crippen LogP contribution in [0.2, 0.25) is 0 Å². The Bertz CT molecular complexity index is 879. The first-order valence-electron chi connectivity index (χ1n) is 8.64. The molecule has 1 N–H and O–H groups in total. The van der Waals surface area contributed by atoms with Gasteiger partial charge in [-0.25, -0.2) is 22.4 Å². The number of hydrogen-bond donors (Lipinski definition) is 1. The van der Waals surface area contributed by atoms with E-state index < -0.39 is 10.0 Å². The maximum Gasteiger partial charge on any atom is 0.255 e. The van der Waals surface area contributed by atoms with Gasteiger partial charge in [0.25, 0.3) is 5.91 Å². The van der Waals surface area contributed by atoms with Crippen molar-refractivity contribution in [3.8, 4) is 5.82 Å². The van der Waals surface area contributed by atoms with Gasteiger partial charge in [0, 0.05) is 25.3 Å². The van der Waals surface area contributed by atoms with Gasteiger partial charge in [0.1, 0.15) is 0 Å². The van der Waals surface area contributed by atoms with E-state index in [0.29, 0.717) is 30.9 Å². The van der Waals surface area contributed by atoms with E-state index in [4.69, 9.17) is 0 Å². The standard InChI is InChI=1S/C17H23N5O3S/c1-3-15-14(11-19-22(15)16-8-4-5-9-18-16)17(23)20-13-7-6-10-21(12-13)26(2,24)25/h4-5,8-9,11,13H,3,6-7,10,12H2,1-2H3,(H,20,23). The van der Waals surface area contributed by atoms with Crippen molar-refractivity contribution in [3.05, 3.63) is 41.9 Å². The molecule has 1 aliphatic heterocycles. The Balaban J connectivity index is 1.77. The predicted octanol–water partition coefficient (Wildman–Crippen LogP) is 0.984. The van der Waals surface area contributed by atoms with Crippen LogP contribution in [0.1, 0.15) is 35.8 Å². The molecule has 0 bridgehead atoms. The summed E-state index contributed by atoms with van der Waals surface area (Å²) in [4.78, 5) is 17.0. The first kappa shape index (κ1) is 18.5. The fourth-order valence-corrected chi connectivity index (χ4v) is 4.12. The number of rotatable bonds is 5. The number of amides is 1. The number of nitrogens with zero attached hydrogens (tertiary/aromatic N) is 4. The molecule has 1 saturated heterocycles. The molecule has 0 aliphatic carbocycles. The first-order chi connectivity index (χ1) is 12.4.